The molecule has 1 aliphatic carbocycles. The minimum atomic E-state index is -0.290. The first-order chi connectivity index (χ1) is 9.63. The Morgan fingerprint density at radius 2 is 1.90 bits per heavy atom. The molecule has 0 bridgehead atoms. The van der Waals surface area contributed by atoms with Crippen molar-refractivity contribution in [2.45, 2.75) is 45.1 Å². The molecule has 2 rings (SSSR count). The molecular formula is C16H22FNO2. The largest absolute Gasteiger partial charge is 0.493 e. The molecule has 0 heterocycles. The highest BCUT2D eigenvalue weighted by Gasteiger charge is 2.19. The first-order valence-electron chi connectivity index (χ1n) is 7.31. The van der Waals surface area contributed by atoms with Crippen molar-refractivity contribution in [1.82, 2.24) is 5.32 Å². The zero-order valence-corrected chi connectivity index (χ0v) is 11.9. The summed E-state index contributed by atoms with van der Waals surface area (Å²) in [5, 5.41) is 3.06. The first-order valence-corrected chi connectivity index (χ1v) is 7.31. The molecular weight excluding hydrogens is 257 g/mol. The van der Waals surface area contributed by atoms with Crippen LogP contribution in [0.3, 0.4) is 0 Å². The van der Waals surface area contributed by atoms with Crippen LogP contribution in [-0.4, -0.2) is 18.6 Å². The normalized spacial score (nSPS) is 22.3. The van der Waals surface area contributed by atoms with Crippen LogP contribution in [0.25, 0.3) is 0 Å². The second-order valence-electron chi connectivity index (χ2n) is 5.58. The van der Waals surface area contributed by atoms with Crippen molar-refractivity contribution >= 4 is 5.91 Å². The van der Waals surface area contributed by atoms with Crippen LogP contribution in [0.1, 0.15) is 39.0 Å². The molecule has 0 saturated heterocycles. The minimum absolute atomic E-state index is 0.0339. The summed E-state index contributed by atoms with van der Waals surface area (Å²) in [6.45, 7) is 2.58. The lowest BCUT2D eigenvalue weighted by atomic mass is 9.87. The third kappa shape index (κ3) is 4.83. The van der Waals surface area contributed by atoms with Crippen LogP contribution in [0, 0.1) is 11.7 Å². The average Bonchev–Trinajstić information content (AvgIpc) is 2.44. The van der Waals surface area contributed by atoms with Crippen LogP contribution in [0.4, 0.5) is 4.39 Å². The molecule has 1 aromatic carbocycles. The number of amides is 1. The van der Waals surface area contributed by atoms with E-state index in [4.69, 9.17) is 4.74 Å². The number of benzene rings is 1. The fourth-order valence-electron chi connectivity index (χ4n) is 2.50. The lowest BCUT2D eigenvalue weighted by Crippen LogP contribution is -2.37. The Morgan fingerprint density at radius 3 is 2.55 bits per heavy atom. The lowest BCUT2D eigenvalue weighted by molar-refractivity contribution is -0.122. The van der Waals surface area contributed by atoms with Crippen molar-refractivity contribution in [2.75, 3.05) is 6.61 Å². The van der Waals surface area contributed by atoms with Crippen LogP contribution in [0.5, 0.6) is 5.75 Å². The number of hydrogen-bond donors (Lipinski definition) is 1. The van der Waals surface area contributed by atoms with Gasteiger partial charge in [-0.15, -0.1) is 0 Å². The maximum Gasteiger partial charge on any atom is 0.223 e. The summed E-state index contributed by atoms with van der Waals surface area (Å²) in [7, 11) is 0. The molecule has 1 fully saturated rings. The Hall–Kier alpha value is -1.58. The lowest BCUT2D eigenvalue weighted by Gasteiger charge is -2.26. The summed E-state index contributed by atoms with van der Waals surface area (Å²) in [5.41, 5.74) is 0. The van der Waals surface area contributed by atoms with Gasteiger partial charge in [0.2, 0.25) is 5.91 Å². The van der Waals surface area contributed by atoms with Crippen LogP contribution < -0.4 is 10.1 Å². The Balaban J connectivity index is 1.64. The van der Waals surface area contributed by atoms with Gasteiger partial charge in [-0.05, 0) is 55.9 Å². The molecule has 1 amide bonds. The molecule has 1 aliphatic rings. The molecule has 4 heteroatoms. The molecule has 0 aliphatic heterocycles. The van der Waals surface area contributed by atoms with Crippen LogP contribution >= 0.6 is 0 Å². The SMILES string of the molecule is CC1CCC(NC(=O)CCOc2ccc(F)cc2)CC1. The van der Waals surface area contributed by atoms with Crippen LogP contribution in [0.15, 0.2) is 24.3 Å². The zero-order chi connectivity index (χ0) is 14.4. The quantitative estimate of drug-likeness (QED) is 0.898. The van der Waals surface area contributed by atoms with Gasteiger partial charge in [0.25, 0.3) is 0 Å². The zero-order valence-electron chi connectivity index (χ0n) is 11.9. The van der Waals surface area contributed by atoms with Crippen molar-refractivity contribution < 1.29 is 13.9 Å². The highest BCUT2D eigenvalue weighted by molar-refractivity contribution is 5.76. The molecule has 3 nitrogen and oxygen atoms in total. The number of nitrogens with one attached hydrogen (secondary N) is 1. The molecule has 1 aromatic rings. The van der Waals surface area contributed by atoms with E-state index >= 15 is 0 Å². The maximum atomic E-state index is 12.7. The second kappa shape index (κ2) is 7.27. The fourth-order valence-corrected chi connectivity index (χ4v) is 2.50. The highest BCUT2D eigenvalue weighted by atomic mass is 19.1. The predicted octanol–water partition coefficient (Wildman–Crippen LogP) is 3.29. The number of rotatable bonds is 5. The predicted molar refractivity (Wildman–Crippen MR) is 76.1 cm³/mol. The maximum absolute atomic E-state index is 12.7. The third-order valence-corrected chi connectivity index (χ3v) is 3.79. The van der Waals surface area contributed by atoms with Crippen LogP contribution in [0.2, 0.25) is 0 Å². The van der Waals surface area contributed by atoms with Gasteiger partial charge >= 0.3 is 0 Å². The van der Waals surface area contributed by atoms with Gasteiger partial charge in [0, 0.05) is 6.04 Å². The summed E-state index contributed by atoms with van der Waals surface area (Å²) >= 11 is 0. The fraction of sp³-hybridized carbons (Fsp3) is 0.562. The molecule has 0 spiro atoms. The summed E-state index contributed by atoms with van der Waals surface area (Å²) in [4.78, 5) is 11.8. The molecule has 110 valence electrons. The van der Waals surface area contributed by atoms with E-state index in [1.165, 1.54) is 25.0 Å². The standard InChI is InChI=1S/C16H22FNO2/c1-12-2-6-14(7-3-12)18-16(19)10-11-20-15-8-4-13(17)5-9-15/h4-5,8-9,12,14H,2-3,6-7,10-11H2,1H3,(H,18,19). The summed E-state index contributed by atoms with van der Waals surface area (Å²) in [6, 6.07) is 6.15. The molecule has 1 saturated carbocycles. The third-order valence-electron chi connectivity index (χ3n) is 3.79. The van der Waals surface area contributed by atoms with Crippen molar-refractivity contribution in [3.05, 3.63) is 30.1 Å². The topological polar surface area (TPSA) is 38.3 Å². The van der Waals surface area contributed by atoms with Crippen molar-refractivity contribution in [1.29, 1.82) is 0 Å². The van der Waals surface area contributed by atoms with Gasteiger partial charge in [-0.25, -0.2) is 4.39 Å². The van der Waals surface area contributed by atoms with E-state index < -0.39 is 0 Å². The summed E-state index contributed by atoms with van der Waals surface area (Å²) in [6.07, 6.45) is 4.87. The molecule has 20 heavy (non-hydrogen) atoms. The second-order valence-corrected chi connectivity index (χ2v) is 5.58. The van der Waals surface area contributed by atoms with E-state index in [9.17, 15) is 9.18 Å². The summed E-state index contributed by atoms with van der Waals surface area (Å²) < 4.78 is 18.1. The Labute approximate surface area is 119 Å². The number of hydrogen-bond acceptors (Lipinski definition) is 2. The van der Waals surface area contributed by atoms with E-state index in [-0.39, 0.29) is 11.7 Å². The smallest absolute Gasteiger partial charge is 0.223 e. The highest BCUT2D eigenvalue weighted by Crippen LogP contribution is 2.23. The average molecular weight is 279 g/mol. The Morgan fingerprint density at radius 1 is 1.25 bits per heavy atom. The van der Waals surface area contributed by atoms with Gasteiger partial charge in [-0.3, -0.25) is 4.79 Å². The Kier molecular flexibility index (Phi) is 5.39. The van der Waals surface area contributed by atoms with Gasteiger partial charge in [-0.2, -0.15) is 0 Å². The van der Waals surface area contributed by atoms with E-state index in [0.717, 1.165) is 18.8 Å². The first kappa shape index (κ1) is 14.8. The van der Waals surface area contributed by atoms with Crippen molar-refractivity contribution in [3.63, 3.8) is 0 Å². The van der Waals surface area contributed by atoms with Crippen molar-refractivity contribution in [3.8, 4) is 5.75 Å². The van der Waals surface area contributed by atoms with Gasteiger partial charge in [-0.1, -0.05) is 6.92 Å². The molecule has 1 N–H and O–H groups in total. The number of ether oxygens (including phenoxy) is 1. The van der Waals surface area contributed by atoms with E-state index in [1.54, 1.807) is 12.1 Å². The van der Waals surface area contributed by atoms with Gasteiger partial charge in [0.1, 0.15) is 11.6 Å². The molecule has 0 radical (unpaired) electrons. The Bertz CT molecular complexity index is 425. The van der Waals surface area contributed by atoms with E-state index in [1.807, 2.05) is 0 Å². The summed E-state index contributed by atoms with van der Waals surface area (Å²) in [5.74, 6) is 1.11. The molecule has 0 aromatic heterocycles. The van der Waals surface area contributed by atoms with Crippen LogP contribution in [-0.2, 0) is 4.79 Å². The number of carbonyl (C=O) groups excluding carboxylic acids is 1. The van der Waals surface area contributed by atoms with Gasteiger partial charge in [0.15, 0.2) is 0 Å². The number of halogens is 1. The monoisotopic (exact) mass is 279 g/mol. The number of carbonyl (C=O) groups is 1. The van der Waals surface area contributed by atoms with E-state index in [2.05, 4.69) is 12.2 Å². The molecule has 0 atom stereocenters. The molecule has 0 unspecified atom stereocenters. The minimum Gasteiger partial charge on any atom is -0.493 e. The van der Waals surface area contributed by atoms with Gasteiger partial charge in [0.05, 0.1) is 13.0 Å². The van der Waals surface area contributed by atoms with Crippen molar-refractivity contribution in [2.24, 2.45) is 5.92 Å². The van der Waals surface area contributed by atoms with E-state index in [0.29, 0.717) is 24.8 Å². The van der Waals surface area contributed by atoms with Gasteiger partial charge < -0.3 is 10.1 Å².